The molecule has 4 aromatic rings. The monoisotopic (exact) mass is 503 g/mol. The van der Waals surface area contributed by atoms with Gasteiger partial charge >= 0.3 is 0 Å². The van der Waals surface area contributed by atoms with Crippen LogP contribution in [0.5, 0.6) is 0 Å². The third kappa shape index (κ3) is 4.86. The van der Waals surface area contributed by atoms with E-state index in [1.807, 2.05) is 17.5 Å². The molecule has 0 bridgehead atoms. The molecule has 2 heterocycles. The van der Waals surface area contributed by atoms with E-state index in [4.69, 9.17) is 23.2 Å². The molecule has 9 heteroatoms. The van der Waals surface area contributed by atoms with Gasteiger partial charge in [0.2, 0.25) is 5.91 Å². The summed E-state index contributed by atoms with van der Waals surface area (Å²) in [5.41, 5.74) is 3.30. The van der Waals surface area contributed by atoms with Gasteiger partial charge in [-0.15, -0.1) is 11.3 Å². The van der Waals surface area contributed by atoms with E-state index >= 15 is 0 Å². The van der Waals surface area contributed by atoms with Gasteiger partial charge in [0.05, 0.1) is 26.9 Å². The molecule has 0 aliphatic heterocycles. The normalized spacial score (nSPS) is 11.3. The Kier molecular flexibility index (Phi) is 6.90. The number of carbonyl (C=O) groups excluding carboxylic acids is 1. The van der Waals surface area contributed by atoms with Crippen LogP contribution in [0, 0.1) is 0 Å². The summed E-state index contributed by atoms with van der Waals surface area (Å²) < 4.78 is 0. The second-order valence-electron chi connectivity index (χ2n) is 7.42. The number of amides is 1. The predicted octanol–water partition coefficient (Wildman–Crippen LogP) is 6.81. The lowest BCUT2D eigenvalue weighted by Crippen LogP contribution is -2.15. The maximum atomic E-state index is 12.8. The molecule has 0 atom stereocenters. The van der Waals surface area contributed by atoms with Crippen LogP contribution in [0.25, 0.3) is 21.3 Å². The summed E-state index contributed by atoms with van der Waals surface area (Å²) in [6, 6.07) is 13.2. The Morgan fingerprint density at radius 2 is 1.94 bits per heavy atom. The van der Waals surface area contributed by atoms with Crippen LogP contribution < -0.4 is 10.9 Å². The largest absolute Gasteiger partial charge is 0.324 e. The number of aromatic amines is 1. The van der Waals surface area contributed by atoms with E-state index in [-0.39, 0.29) is 22.2 Å². The summed E-state index contributed by atoms with van der Waals surface area (Å²) >= 11 is 14.6. The smallest absolute Gasteiger partial charge is 0.260 e. The summed E-state index contributed by atoms with van der Waals surface area (Å²) in [5, 5.41) is 6.26. The van der Waals surface area contributed by atoms with Crippen LogP contribution in [-0.2, 0) is 4.79 Å². The van der Waals surface area contributed by atoms with Crippen molar-refractivity contribution >= 4 is 68.1 Å². The van der Waals surface area contributed by atoms with Crippen LogP contribution in [0.2, 0.25) is 10.0 Å². The van der Waals surface area contributed by atoms with Crippen LogP contribution in [0.15, 0.2) is 57.8 Å². The molecule has 2 N–H and O–H groups in total. The number of nitrogens with one attached hydrogen (secondary N) is 2. The molecule has 0 radical (unpaired) electrons. The fourth-order valence-corrected chi connectivity index (χ4v) is 5.19. The summed E-state index contributed by atoms with van der Waals surface area (Å²) in [5.74, 6) is 0.227. The lowest BCUT2D eigenvalue weighted by molar-refractivity contribution is -0.113. The van der Waals surface area contributed by atoms with E-state index < -0.39 is 0 Å². The highest BCUT2D eigenvalue weighted by Gasteiger charge is 2.15. The number of thiophene rings is 1. The van der Waals surface area contributed by atoms with Gasteiger partial charge in [-0.1, -0.05) is 79.1 Å². The minimum atomic E-state index is -0.279. The number of nitrogens with zero attached hydrogens (tertiary/aromatic N) is 1. The van der Waals surface area contributed by atoms with Gasteiger partial charge in [-0.3, -0.25) is 9.59 Å². The van der Waals surface area contributed by atoms with E-state index in [1.54, 1.807) is 18.2 Å². The van der Waals surface area contributed by atoms with Crippen LogP contribution >= 0.6 is 46.3 Å². The lowest BCUT2D eigenvalue weighted by Gasteiger charge is -2.08. The van der Waals surface area contributed by atoms with Crippen molar-refractivity contribution in [2.24, 2.45) is 0 Å². The van der Waals surface area contributed by atoms with Gasteiger partial charge in [-0.25, -0.2) is 4.98 Å². The molecule has 0 aliphatic rings. The van der Waals surface area contributed by atoms with Gasteiger partial charge in [-0.2, -0.15) is 0 Å². The number of fused-ring (bicyclic) bond motifs is 1. The first kappa shape index (κ1) is 22.9. The van der Waals surface area contributed by atoms with Gasteiger partial charge in [-0.05, 0) is 29.2 Å². The lowest BCUT2D eigenvalue weighted by atomic mass is 9.99. The zero-order valence-corrected chi connectivity index (χ0v) is 20.4. The highest BCUT2D eigenvalue weighted by Crippen LogP contribution is 2.33. The highest BCUT2D eigenvalue weighted by molar-refractivity contribution is 7.99. The van der Waals surface area contributed by atoms with Crippen molar-refractivity contribution in [2.45, 2.75) is 24.9 Å². The second-order valence-corrected chi connectivity index (χ2v) is 10.0. The molecule has 164 valence electrons. The van der Waals surface area contributed by atoms with Crippen molar-refractivity contribution < 1.29 is 4.79 Å². The van der Waals surface area contributed by atoms with Gasteiger partial charge < -0.3 is 10.3 Å². The summed E-state index contributed by atoms with van der Waals surface area (Å²) in [6.45, 7) is 4.29. The van der Waals surface area contributed by atoms with Crippen LogP contribution in [0.4, 0.5) is 5.69 Å². The van der Waals surface area contributed by atoms with Gasteiger partial charge in [0.15, 0.2) is 5.16 Å². The van der Waals surface area contributed by atoms with Crippen LogP contribution in [0.3, 0.4) is 0 Å². The molecular formula is C23H19Cl2N3O2S2. The molecule has 0 spiro atoms. The predicted molar refractivity (Wildman–Crippen MR) is 136 cm³/mol. The topological polar surface area (TPSA) is 74.8 Å². The van der Waals surface area contributed by atoms with Crippen molar-refractivity contribution in [3.63, 3.8) is 0 Å². The molecule has 0 unspecified atom stereocenters. The number of hydrogen-bond acceptors (Lipinski definition) is 5. The fraction of sp³-hybridized carbons (Fsp3) is 0.174. The SMILES string of the molecule is CC(C)c1ccc(-c2csc3nc(SCC(=O)Nc4cccc(Cl)c4Cl)[nH]c(=O)c23)cc1. The average molecular weight is 504 g/mol. The Hall–Kier alpha value is -2.32. The maximum absolute atomic E-state index is 12.8. The van der Waals surface area contributed by atoms with E-state index in [0.29, 0.717) is 32.0 Å². The van der Waals surface area contributed by atoms with Crippen molar-refractivity contribution in [3.05, 3.63) is 73.8 Å². The molecule has 2 aromatic carbocycles. The van der Waals surface area contributed by atoms with E-state index in [1.165, 1.54) is 16.9 Å². The molecule has 0 fully saturated rings. The first-order chi connectivity index (χ1) is 15.3. The van der Waals surface area contributed by atoms with Crippen molar-refractivity contribution in [1.82, 2.24) is 9.97 Å². The number of rotatable bonds is 6. The highest BCUT2D eigenvalue weighted by atomic mass is 35.5. The van der Waals surface area contributed by atoms with Crippen molar-refractivity contribution in [3.8, 4) is 11.1 Å². The van der Waals surface area contributed by atoms with Crippen LogP contribution in [-0.4, -0.2) is 21.6 Å². The number of hydrogen-bond donors (Lipinski definition) is 2. The third-order valence-electron chi connectivity index (χ3n) is 4.88. The summed E-state index contributed by atoms with van der Waals surface area (Å²) in [7, 11) is 0. The molecule has 1 amide bonds. The number of benzene rings is 2. The molecule has 0 saturated carbocycles. The number of aromatic nitrogens is 2. The molecular weight excluding hydrogens is 485 g/mol. The maximum Gasteiger partial charge on any atom is 0.260 e. The van der Waals surface area contributed by atoms with Gasteiger partial charge in [0.25, 0.3) is 5.56 Å². The quantitative estimate of drug-likeness (QED) is 0.223. The van der Waals surface area contributed by atoms with Gasteiger partial charge in [0, 0.05) is 10.9 Å². The van der Waals surface area contributed by atoms with Gasteiger partial charge in [0.1, 0.15) is 4.83 Å². The Labute approximate surface area is 203 Å². The fourth-order valence-electron chi connectivity index (χ4n) is 3.18. The Morgan fingerprint density at radius 3 is 2.66 bits per heavy atom. The summed E-state index contributed by atoms with van der Waals surface area (Å²) in [6.07, 6.45) is 0. The third-order valence-corrected chi connectivity index (χ3v) is 7.44. The Bertz CT molecular complexity index is 1350. The van der Waals surface area contributed by atoms with Crippen molar-refractivity contribution in [1.29, 1.82) is 0 Å². The number of halogens is 2. The van der Waals surface area contributed by atoms with E-state index in [0.717, 1.165) is 22.9 Å². The average Bonchev–Trinajstić information content (AvgIpc) is 3.20. The first-order valence-corrected chi connectivity index (χ1v) is 12.4. The molecule has 32 heavy (non-hydrogen) atoms. The molecule has 0 saturated heterocycles. The first-order valence-electron chi connectivity index (χ1n) is 9.82. The molecule has 5 nitrogen and oxygen atoms in total. The minimum Gasteiger partial charge on any atom is -0.324 e. The van der Waals surface area contributed by atoms with Crippen LogP contribution in [0.1, 0.15) is 25.3 Å². The van der Waals surface area contributed by atoms with E-state index in [2.05, 4.69) is 41.3 Å². The number of anilines is 1. The number of carbonyl (C=O) groups is 1. The second kappa shape index (κ2) is 9.67. The van der Waals surface area contributed by atoms with E-state index in [9.17, 15) is 9.59 Å². The number of thioether (sulfide) groups is 1. The molecule has 2 aromatic heterocycles. The van der Waals surface area contributed by atoms with Crippen molar-refractivity contribution in [2.75, 3.05) is 11.1 Å². The molecule has 0 aliphatic carbocycles. The molecule has 4 rings (SSSR count). The zero-order chi connectivity index (χ0) is 22.8. The minimum absolute atomic E-state index is 0.0617. The number of H-pyrrole nitrogens is 1. The Balaban J connectivity index is 1.51. The standard InChI is InChI=1S/C23H19Cl2N3O2S2/c1-12(2)13-6-8-14(9-7-13)15-10-31-22-19(15)21(30)27-23(28-22)32-11-18(29)26-17-5-3-4-16(24)20(17)25/h3-10,12H,11H2,1-2H3,(H,26,29)(H,27,28,30). The summed E-state index contributed by atoms with van der Waals surface area (Å²) in [4.78, 5) is 33.1. The zero-order valence-electron chi connectivity index (χ0n) is 17.2. The Morgan fingerprint density at radius 1 is 1.19 bits per heavy atom.